The number of anilines is 1. The molecule has 0 aromatic heterocycles. The third kappa shape index (κ3) is 4.40. The summed E-state index contributed by atoms with van der Waals surface area (Å²) < 4.78 is 27.5. The van der Waals surface area contributed by atoms with E-state index in [4.69, 9.17) is 0 Å². The zero-order valence-electron chi connectivity index (χ0n) is 11.9. The first-order valence-corrected chi connectivity index (χ1v) is 7.78. The molecule has 0 aliphatic carbocycles. The van der Waals surface area contributed by atoms with E-state index in [9.17, 15) is 13.6 Å². The number of para-hydroxylation sites is 1. The Labute approximate surface area is 141 Å². The number of amides is 1. The third-order valence-electron chi connectivity index (χ3n) is 3.12. The van der Waals surface area contributed by atoms with Gasteiger partial charge in [0.05, 0.1) is 12.6 Å². The van der Waals surface area contributed by atoms with Crippen molar-refractivity contribution in [3.8, 4) is 0 Å². The molecular weight excluding hydrogens is 401 g/mol. The van der Waals surface area contributed by atoms with Crippen LogP contribution in [0, 0.1) is 15.2 Å². The van der Waals surface area contributed by atoms with Crippen LogP contribution in [0.25, 0.3) is 0 Å². The van der Waals surface area contributed by atoms with Gasteiger partial charge in [0.15, 0.2) is 0 Å². The first kappa shape index (κ1) is 16.7. The SMILES string of the molecule is C[C@H](NC(=O)CNc1ccccc1I)c1ccc(F)cc1F. The van der Waals surface area contributed by atoms with Crippen LogP contribution in [0.4, 0.5) is 14.5 Å². The van der Waals surface area contributed by atoms with Gasteiger partial charge in [0.2, 0.25) is 5.91 Å². The van der Waals surface area contributed by atoms with Gasteiger partial charge in [-0.05, 0) is 47.7 Å². The molecule has 6 heteroatoms. The van der Waals surface area contributed by atoms with Gasteiger partial charge in [-0.15, -0.1) is 0 Å². The second-order valence-electron chi connectivity index (χ2n) is 4.79. The van der Waals surface area contributed by atoms with Crippen LogP contribution in [0.3, 0.4) is 0 Å². The average molecular weight is 416 g/mol. The predicted molar refractivity (Wildman–Crippen MR) is 90.6 cm³/mol. The highest BCUT2D eigenvalue weighted by atomic mass is 127. The standard InChI is InChI=1S/C16H15F2IN2O/c1-10(12-7-6-11(17)8-13(12)18)21-16(22)9-20-15-5-3-2-4-14(15)19/h2-8,10,20H,9H2,1H3,(H,21,22)/t10-/m0/s1. The molecule has 2 rings (SSSR count). The molecule has 116 valence electrons. The quantitative estimate of drug-likeness (QED) is 0.728. The number of hydrogen-bond donors (Lipinski definition) is 2. The lowest BCUT2D eigenvalue weighted by Crippen LogP contribution is -2.32. The summed E-state index contributed by atoms with van der Waals surface area (Å²) in [6.07, 6.45) is 0. The van der Waals surface area contributed by atoms with Gasteiger partial charge in [-0.2, -0.15) is 0 Å². The van der Waals surface area contributed by atoms with E-state index < -0.39 is 17.7 Å². The van der Waals surface area contributed by atoms with Crippen molar-refractivity contribution in [2.45, 2.75) is 13.0 Å². The molecule has 0 spiro atoms. The molecule has 1 amide bonds. The maximum absolute atomic E-state index is 13.6. The number of nitrogens with one attached hydrogen (secondary N) is 2. The van der Waals surface area contributed by atoms with Crippen molar-refractivity contribution in [1.82, 2.24) is 5.32 Å². The fraction of sp³-hybridized carbons (Fsp3) is 0.188. The molecule has 2 N–H and O–H groups in total. The van der Waals surface area contributed by atoms with Crippen molar-refractivity contribution in [2.24, 2.45) is 0 Å². The smallest absolute Gasteiger partial charge is 0.239 e. The number of benzene rings is 2. The molecule has 0 aliphatic heterocycles. The Kier molecular flexibility index (Phi) is 5.70. The summed E-state index contributed by atoms with van der Waals surface area (Å²) in [7, 11) is 0. The summed E-state index contributed by atoms with van der Waals surface area (Å²) in [4.78, 5) is 11.9. The summed E-state index contributed by atoms with van der Waals surface area (Å²) in [5, 5.41) is 5.70. The van der Waals surface area contributed by atoms with E-state index >= 15 is 0 Å². The van der Waals surface area contributed by atoms with Crippen molar-refractivity contribution in [3.63, 3.8) is 0 Å². The second kappa shape index (κ2) is 7.53. The lowest BCUT2D eigenvalue weighted by molar-refractivity contribution is -0.120. The van der Waals surface area contributed by atoms with E-state index in [1.54, 1.807) is 6.92 Å². The summed E-state index contributed by atoms with van der Waals surface area (Å²) in [5.41, 5.74) is 1.11. The van der Waals surface area contributed by atoms with E-state index in [0.29, 0.717) is 0 Å². The molecule has 2 aromatic carbocycles. The second-order valence-corrected chi connectivity index (χ2v) is 5.95. The van der Waals surface area contributed by atoms with Gasteiger partial charge in [0.25, 0.3) is 0 Å². The molecule has 0 unspecified atom stereocenters. The van der Waals surface area contributed by atoms with Crippen LogP contribution in [0.1, 0.15) is 18.5 Å². The van der Waals surface area contributed by atoms with Crippen LogP contribution in [-0.4, -0.2) is 12.5 Å². The van der Waals surface area contributed by atoms with Crippen LogP contribution in [0.15, 0.2) is 42.5 Å². The Morgan fingerprint density at radius 1 is 1.23 bits per heavy atom. The fourth-order valence-electron chi connectivity index (χ4n) is 2.00. The van der Waals surface area contributed by atoms with E-state index in [0.717, 1.165) is 15.3 Å². The van der Waals surface area contributed by atoms with Gasteiger partial charge < -0.3 is 10.6 Å². The molecule has 0 fully saturated rings. The van der Waals surface area contributed by atoms with Gasteiger partial charge in [0.1, 0.15) is 11.6 Å². The van der Waals surface area contributed by atoms with Crippen LogP contribution in [0.2, 0.25) is 0 Å². The number of carbonyl (C=O) groups is 1. The van der Waals surface area contributed by atoms with Gasteiger partial charge in [-0.3, -0.25) is 4.79 Å². The molecule has 22 heavy (non-hydrogen) atoms. The minimum atomic E-state index is -0.668. The van der Waals surface area contributed by atoms with Crippen molar-refractivity contribution < 1.29 is 13.6 Å². The van der Waals surface area contributed by atoms with E-state index in [1.165, 1.54) is 12.1 Å². The Balaban J connectivity index is 1.93. The number of halogens is 3. The Morgan fingerprint density at radius 3 is 2.64 bits per heavy atom. The highest BCUT2D eigenvalue weighted by Gasteiger charge is 2.14. The molecule has 1 atom stereocenters. The van der Waals surface area contributed by atoms with Crippen LogP contribution >= 0.6 is 22.6 Å². The average Bonchev–Trinajstić information content (AvgIpc) is 2.46. The van der Waals surface area contributed by atoms with Crippen LogP contribution < -0.4 is 10.6 Å². The van der Waals surface area contributed by atoms with Crippen molar-refractivity contribution in [3.05, 3.63) is 63.2 Å². The molecule has 2 aromatic rings. The first-order chi connectivity index (χ1) is 10.5. The van der Waals surface area contributed by atoms with Gasteiger partial charge >= 0.3 is 0 Å². The predicted octanol–water partition coefficient (Wildman–Crippen LogP) is 3.86. The fourth-order valence-corrected chi connectivity index (χ4v) is 2.58. The molecule has 0 saturated heterocycles. The lowest BCUT2D eigenvalue weighted by Gasteiger charge is -2.16. The maximum atomic E-state index is 13.6. The molecule has 3 nitrogen and oxygen atoms in total. The number of carbonyl (C=O) groups excluding carboxylic acids is 1. The van der Waals surface area contributed by atoms with E-state index in [1.807, 2.05) is 24.3 Å². The molecule has 0 aliphatic rings. The number of rotatable bonds is 5. The Morgan fingerprint density at radius 2 is 1.95 bits per heavy atom. The number of hydrogen-bond acceptors (Lipinski definition) is 2. The lowest BCUT2D eigenvalue weighted by atomic mass is 10.1. The minimum absolute atomic E-state index is 0.0766. The Bertz CT molecular complexity index is 679. The molecular formula is C16H15F2IN2O. The largest absolute Gasteiger partial charge is 0.375 e. The zero-order chi connectivity index (χ0) is 16.1. The van der Waals surface area contributed by atoms with Crippen molar-refractivity contribution >= 4 is 34.2 Å². The Hall–Kier alpha value is -1.70. The highest BCUT2D eigenvalue weighted by molar-refractivity contribution is 14.1. The molecule has 0 bridgehead atoms. The van der Waals surface area contributed by atoms with Crippen molar-refractivity contribution in [2.75, 3.05) is 11.9 Å². The highest BCUT2D eigenvalue weighted by Crippen LogP contribution is 2.18. The minimum Gasteiger partial charge on any atom is -0.375 e. The van der Waals surface area contributed by atoms with E-state index in [2.05, 4.69) is 33.2 Å². The van der Waals surface area contributed by atoms with Gasteiger partial charge in [-0.25, -0.2) is 8.78 Å². The summed E-state index contributed by atoms with van der Waals surface area (Å²) in [6, 6.07) is 10.4. The first-order valence-electron chi connectivity index (χ1n) is 6.70. The zero-order valence-corrected chi connectivity index (χ0v) is 14.0. The summed E-state index contributed by atoms with van der Waals surface area (Å²) in [5.74, 6) is -1.57. The summed E-state index contributed by atoms with van der Waals surface area (Å²) >= 11 is 2.17. The van der Waals surface area contributed by atoms with Crippen LogP contribution in [-0.2, 0) is 4.79 Å². The topological polar surface area (TPSA) is 41.1 Å². The normalized spacial score (nSPS) is 11.8. The van der Waals surface area contributed by atoms with Crippen molar-refractivity contribution in [1.29, 1.82) is 0 Å². The van der Waals surface area contributed by atoms with Gasteiger partial charge in [-0.1, -0.05) is 18.2 Å². The van der Waals surface area contributed by atoms with Crippen LogP contribution in [0.5, 0.6) is 0 Å². The molecule has 0 heterocycles. The summed E-state index contributed by atoms with van der Waals surface area (Å²) in [6.45, 7) is 1.73. The van der Waals surface area contributed by atoms with Gasteiger partial charge in [0, 0.05) is 20.9 Å². The monoisotopic (exact) mass is 416 g/mol. The van der Waals surface area contributed by atoms with E-state index in [-0.39, 0.29) is 18.0 Å². The molecule has 0 radical (unpaired) electrons. The third-order valence-corrected chi connectivity index (χ3v) is 4.06. The maximum Gasteiger partial charge on any atom is 0.239 e. The molecule has 0 saturated carbocycles.